The van der Waals surface area contributed by atoms with Crippen molar-refractivity contribution in [1.29, 1.82) is 0 Å². The second kappa shape index (κ2) is 5.36. The molecule has 0 bridgehead atoms. The van der Waals surface area contributed by atoms with E-state index in [1.165, 1.54) is 12.1 Å². The molecule has 0 spiro atoms. The molecular weight excluding hydrogens is 355 g/mol. The van der Waals surface area contributed by atoms with Crippen LogP contribution in [0.4, 0.5) is 8.78 Å². The Bertz CT molecular complexity index is 444. The van der Waals surface area contributed by atoms with Crippen molar-refractivity contribution in [2.75, 3.05) is 17.6 Å². The second-order valence-electron chi connectivity index (χ2n) is 4.20. The fourth-order valence-corrected chi connectivity index (χ4v) is 8.13. The van der Waals surface area contributed by atoms with Gasteiger partial charge in [0.25, 0.3) is 0 Å². The third-order valence-electron chi connectivity index (χ3n) is 2.93. The van der Waals surface area contributed by atoms with Crippen LogP contribution in [-0.2, 0) is 8.28 Å². The Kier molecular flexibility index (Phi) is 4.20. The predicted molar refractivity (Wildman–Crippen MR) is 73.6 cm³/mol. The molecule has 3 nitrogen and oxygen atoms in total. The summed E-state index contributed by atoms with van der Waals surface area (Å²) in [5.41, 5.74) is 6.56. The number of aliphatic hydroxyl groups is 1. The summed E-state index contributed by atoms with van der Waals surface area (Å²) in [5, 5.41) is 9.86. The topological polar surface area (TPSA) is 55.5 Å². The third-order valence-corrected chi connectivity index (χ3v) is 10.1. The van der Waals surface area contributed by atoms with Gasteiger partial charge in [-0.05, 0) is 0 Å². The summed E-state index contributed by atoms with van der Waals surface area (Å²) >= 11 is -2.05. The molecule has 1 heterocycles. The first kappa shape index (κ1) is 14.1. The summed E-state index contributed by atoms with van der Waals surface area (Å²) in [6, 6.07) is 3.39. The van der Waals surface area contributed by atoms with Crippen molar-refractivity contribution in [1.82, 2.24) is 0 Å². The Morgan fingerprint density at radius 3 is 2.83 bits per heavy atom. The summed E-state index contributed by atoms with van der Waals surface area (Å²) in [6.07, 6.45) is 0. The Labute approximate surface area is 112 Å². The fraction of sp³-hybridized carbons (Fsp3) is 0.500. The van der Waals surface area contributed by atoms with Crippen molar-refractivity contribution in [2.24, 2.45) is 5.73 Å². The number of halogens is 3. The fourth-order valence-electron chi connectivity index (χ4n) is 2.07. The van der Waals surface area contributed by atoms with Crippen LogP contribution in [0.25, 0.3) is 0 Å². The van der Waals surface area contributed by atoms with Crippen LogP contribution >= 0.6 is 19.8 Å². The van der Waals surface area contributed by atoms with Crippen molar-refractivity contribution in [2.45, 2.75) is 14.6 Å². The minimum absolute atomic E-state index is 0.186. The Hall–Kier alpha value is -0.310. The summed E-state index contributed by atoms with van der Waals surface area (Å²) < 4.78 is 31.4. The zero-order valence-electron chi connectivity index (χ0n) is 10.00. The standard InChI is InChI=1S/C12H16F2INO2/c1-8(17)15-4-5-18-7-12(15,16)10-3-2-9(13)6-11(10)14/h2-3,6,8,17H,4-5,7,16H2,1H3. The van der Waals surface area contributed by atoms with E-state index in [-0.39, 0.29) is 12.2 Å². The quantitative estimate of drug-likeness (QED) is 0.475. The molecule has 102 valence electrons. The number of rotatable bonds is 2. The van der Waals surface area contributed by atoms with E-state index in [4.69, 9.17) is 10.5 Å². The average molecular weight is 371 g/mol. The molecule has 1 fully saturated rings. The predicted octanol–water partition coefficient (Wildman–Crippen LogP) is 1.95. The number of ether oxygens (including phenoxy) is 1. The molecule has 3 N–H and O–H groups in total. The Balaban J connectivity index is 2.43. The van der Waals surface area contributed by atoms with Crippen molar-refractivity contribution in [3.63, 3.8) is 0 Å². The molecule has 0 radical (unpaired) electrons. The molecule has 6 heteroatoms. The number of hydrogen-bond donors (Lipinski definition) is 2. The van der Waals surface area contributed by atoms with Gasteiger partial charge in [0.15, 0.2) is 0 Å². The van der Waals surface area contributed by atoms with Crippen LogP contribution < -0.4 is 5.73 Å². The minimum atomic E-state index is -2.05. The Morgan fingerprint density at radius 1 is 1.50 bits per heavy atom. The molecule has 0 amide bonds. The van der Waals surface area contributed by atoms with E-state index in [1.54, 1.807) is 6.92 Å². The molecule has 1 aromatic carbocycles. The van der Waals surface area contributed by atoms with Crippen molar-refractivity contribution in [3.05, 3.63) is 35.4 Å². The molecule has 18 heavy (non-hydrogen) atoms. The second-order valence-corrected chi connectivity index (χ2v) is 11.3. The van der Waals surface area contributed by atoms with Gasteiger partial charge < -0.3 is 0 Å². The maximum atomic E-state index is 13.9. The van der Waals surface area contributed by atoms with Gasteiger partial charge in [-0.15, -0.1) is 0 Å². The van der Waals surface area contributed by atoms with Gasteiger partial charge in [-0.25, -0.2) is 0 Å². The molecule has 2 unspecified atom stereocenters. The van der Waals surface area contributed by atoms with E-state index in [2.05, 4.69) is 0 Å². The van der Waals surface area contributed by atoms with Gasteiger partial charge in [-0.3, -0.25) is 0 Å². The summed E-state index contributed by atoms with van der Waals surface area (Å²) in [4.78, 5) is 0. The third kappa shape index (κ3) is 2.52. The van der Waals surface area contributed by atoms with Crippen LogP contribution in [0.3, 0.4) is 0 Å². The van der Waals surface area contributed by atoms with Gasteiger partial charge >= 0.3 is 112 Å². The van der Waals surface area contributed by atoms with E-state index in [9.17, 15) is 13.9 Å². The van der Waals surface area contributed by atoms with Gasteiger partial charge in [0, 0.05) is 0 Å². The first-order chi connectivity index (χ1) is 8.45. The van der Waals surface area contributed by atoms with E-state index >= 15 is 0 Å². The first-order valence-corrected chi connectivity index (χ1v) is 9.45. The first-order valence-electron chi connectivity index (χ1n) is 5.60. The monoisotopic (exact) mass is 371 g/mol. The van der Waals surface area contributed by atoms with Gasteiger partial charge in [0.2, 0.25) is 0 Å². The van der Waals surface area contributed by atoms with Crippen LogP contribution in [0.1, 0.15) is 12.5 Å². The molecule has 1 aliphatic heterocycles. The Morgan fingerprint density at radius 2 is 2.22 bits per heavy atom. The summed E-state index contributed by atoms with van der Waals surface area (Å²) in [5.74, 6) is -1.29. The molecule has 1 aromatic rings. The molecule has 0 saturated carbocycles. The summed E-state index contributed by atoms with van der Waals surface area (Å²) in [6.45, 7) is 2.43. The molecular formula is C12H16F2INO2. The number of alkyl halides is 3. The van der Waals surface area contributed by atoms with E-state index in [1.807, 2.05) is 0 Å². The molecule has 1 aliphatic rings. The van der Waals surface area contributed by atoms with Gasteiger partial charge in [0.1, 0.15) is 0 Å². The number of hydrogen-bond acceptors (Lipinski definition) is 3. The number of benzene rings is 1. The van der Waals surface area contributed by atoms with Gasteiger partial charge in [-0.2, -0.15) is 0 Å². The van der Waals surface area contributed by atoms with Gasteiger partial charge in [-0.1, -0.05) is 0 Å². The summed E-state index contributed by atoms with van der Waals surface area (Å²) in [7, 11) is 0. The van der Waals surface area contributed by atoms with E-state index in [0.717, 1.165) is 6.07 Å². The number of nitrogens with two attached hydrogens (primary N) is 1. The van der Waals surface area contributed by atoms with Crippen LogP contribution in [0.15, 0.2) is 18.2 Å². The van der Waals surface area contributed by atoms with E-state index in [0.29, 0.717) is 11.0 Å². The van der Waals surface area contributed by atoms with E-state index < -0.39 is 39.1 Å². The maximum absolute atomic E-state index is 13.9. The van der Waals surface area contributed by atoms with Crippen LogP contribution in [0, 0.1) is 11.6 Å². The molecule has 0 aromatic heterocycles. The SMILES string of the molecule is CC(O)I1CCOCC1(N)c1ccc(F)cc1F. The average Bonchev–Trinajstić information content (AvgIpc) is 2.28. The van der Waals surface area contributed by atoms with Gasteiger partial charge in [0.05, 0.1) is 0 Å². The van der Waals surface area contributed by atoms with Crippen LogP contribution in [0.5, 0.6) is 0 Å². The van der Waals surface area contributed by atoms with Crippen molar-refractivity contribution in [3.8, 4) is 0 Å². The molecule has 1 saturated heterocycles. The van der Waals surface area contributed by atoms with Crippen LogP contribution in [0.2, 0.25) is 0 Å². The van der Waals surface area contributed by atoms with Crippen molar-refractivity contribution >= 4 is 19.8 Å². The zero-order chi connectivity index (χ0) is 13.3. The van der Waals surface area contributed by atoms with Crippen LogP contribution in [-0.4, -0.2) is 26.9 Å². The van der Waals surface area contributed by atoms with Crippen molar-refractivity contribution < 1.29 is 18.6 Å². The molecule has 2 rings (SSSR count). The molecule has 2 atom stereocenters. The zero-order valence-corrected chi connectivity index (χ0v) is 12.2. The number of aliphatic hydroxyl groups excluding tert-OH is 1. The molecule has 0 aliphatic carbocycles. The normalized spacial score (nSPS) is 28.2.